The number of methoxy groups -OCH3 is 2. The van der Waals surface area contributed by atoms with Crippen molar-refractivity contribution in [3.8, 4) is 5.75 Å². The second-order valence-electron chi connectivity index (χ2n) is 7.27. The first-order valence-electron chi connectivity index (χ1n) is 12.2. The smallest absolute Gasteiger partial charge is 0.371 e. The fourth-order valence-electron chi connectivity index (χ4n) is 2.36. The van der Waals surface area contributed by atoms with E-state index < -0.39 is 11.9 Å². The van der Waals surface area contributed by atoms with E-state index in [0.29, 0.717) is 26.2 Å². The average molecular weight is 567 g/mol. The maximum atomic E-state index is 10.5. The predicted molar refractivity (Wildman–Crippen MR) is 153 cm³/mol. The summed E-state index contributed by atoms with van der Waals surface area (Å²) in [5, 5.41) is 55.2. The van der Waals surface area contributed by atoms with Gasteiger partial charge in [0.2, 0.25) is 5.76 Å². The van der Waals surface area contributed by atoms with Crippen LogP contribution in [-0.4, -0.2) is 109 Å². The van der Waals surface area contributed by atoms with Crippen molar-refractivity contribution >= 4 is 24.1 Å². The van der Waals surface area contributed by atoms with E-state index in [4.69, 9.17) is 35.4 Å². The van der Waals surface area contributed by atoms with Crippen LogP contribution in [-0.2, 0) is 14.3 Å². The van der Waals surface area contributed by atoms with Crippen molar-refractivity contribution in [2.45, 2.75) is 0 Å². The first kappa shape index (κ1) is 38.4. The molecular weight excluding hydrogens is 524 g/mol. The Hall–Kier alpha value is -3.78. The van der Waals surface area contributed by atoms with Gasteiger partial charge in [-0.05, 0) is 35.4 Å². The molecule has 0 atom stereocenters. The third kappa shape index (κ3) is 24.6. The van der Waals surface area contributed by atoms with Gasteiger partial charge in [0.25, 0.3) is 0 Å². The van der Waals surface area contributed by atoms with E-state index in [-0.39, 0.29) is 32.2 Å². The Morgan fingerprint density at radius 1 is 0.725 bits per heavy atom. The zero-order valence-corrected chi connectivity index (χ0v) is 22.9. The van der Waals surface area contributed by atoms with Gasteiger partial charge in [0.1, 0.15) is 5.75 Å². The Balaban J connectivity index is 0. The molecule has 224 valence electrons. The first-order valence-corrected chi connectivity index (χ1v) is 12.2. The number of rotatable bonds is 14. The number of carboxylic acid groups (broad SMARTS) is 2. The lowest BCUT2D eigenvalue weighted by atomic mass is 10.2. The van der Waals surface area contributed by atoms with E-state index in [1.807, 2.05) is 30.3 Å². The molecule has 8 N–H and O–H groups in total. The molecule has 0 spiro atoms. The second kappa shape index (κ2) is 28.2. The molecule has 2 aromatic carbocycles. The fourth-order valence-corrected chi connectivity index (χ4v) is 2.36. The molecule has 0 saturated carbocycles. The van der Waals surface area contributed by atoms with Gasteiger partial charge in [0.15, 0.2) is 0 Å². The van der Waals surface area contributed by atoms with Gasteiger partial charge in [-0.3, -0.25) is 0 Å². The van der Waals surface area contributed by atoms with Gasteiger partial charge >= 0.3 is 11.9 Å². The van der Waals surface area contributed by atoms with Gasteiger partial charge < -0.3 is 50.7 Å². The minimum Gasteiger partial charge on any atom is -0.497 e. The molecule has 0 aliphatic carbocycles. The predicted octanol–water partition coefficient (Wildman–Crippen LogP) is 0.673. The summed E-state index contributed by atoms with van der Waals surface area (Å²) in [4.78, 5) is 20.7. The summed E-state index contributed by atoms with van der Waals surface area (Å²) in [6, 6.07) is 16.3. The number of carbonyl (C=O) groups is 2. The van der Waals surface area contributed by atoms with Gasteiger partial charge in [-0.25, -0.2) is 9.59 Å². The van der Waals surface area contributed by atoms with E-state index in [0.717, 1.165) is 23.0 Å². The molecule has 0 fully saturated rings. The Morgan fingerprint density at radius 3 is 1.55 bits per heavy atom. The van der Waals surface area contributed by atoms with Crippen LogP contribution in [0.3, 0.4) is 0 Å². The van der Waals surface area contributed by atoms with Crippen molar-refractivity contribution in [3.63, 3.8) is 0 Å². The average Bonchev–Trinajstić information content (AvgIpc) is 2.97. The molecular formula is C28H42N2O10. The molecule has 2 rings (SSSR count). The number of aliphatic hydroxyl groups excluding tert-OH is 4. The minimum absolute atomic E-state index is 0.0637. The van der Waals surface area contributed by atoms with Crippen LogP contribution in [0.5, 0.6) is 5.75 Å². The summed E-state index contributed by atoms with van der Waals surface area (Å²) in [5.41, 5.74) is 1.64. The molecule has 0 amide bonds. The van der Waals surface area contributed by atoms with E-state index in [1.54, 1.807) is 31.4 Å². The quantitative estimate of drug-likeness (QED) is 0.0905. The Morgan fingerprint density at radius 2 is 1.20 bits per heavy atom. The summed E-state index contributed by atoms with van der Waals surface area (Å²) < 4.78 is 9.63. The summed E-state index contributed by atoms with van der Waals surface area (Å²) in [7, 11) is 2.92. The molecule has 0 heterocycles. The highest BCUT2D eigenvalue weighted by Crippen LogP contribution is 2.12. The fraction of sp³-hybridized carbons (Fsp3) is 0.357. The van der Waals surface area contributed by atoms with Gasteiger partial charge in [0, 0.05) is 32.3 Å². The summed E-state index contributed by atoms with van der Waals surface area (Å²) in [6.07, 6.45) is 4.10. The Bertz CT molecular complexity index is 918. The minimum atomic E-state index is -1.06. The molecule has 0 saturated heterocycles. The highest BCUT2D eigenvalue weighted by Gasteiger charge is 2.05. The molecule has 0 radical (unpaired) electrons. The lowest BCUT2D eigenvalue weighted by Crippen LogP contribution is -2.21. The summed E-state index contributed by atoms with van der Waals surface area (Å²) >= 11 is 0. The van der Waals surface area contributed by atoms with Gasteiger partial charge in [0.05, 0.1) is 40.6 Å². The standard InChI is InChI=1S/2C10H10O3.2C4H11NO2/c1-13-9-5-2-8(3-6-9)4-7-10(11)12;1-13-9(10(11)12)7-8-5-3-2-4-6-8;2*6-3-1-5-2-4-7/h2*2-7H,1H3,(H,11,12);2*5-7H,1-4H2. The zero-order chi connectivity index (χ0) is 30.4. The topological polar surface area (TPSA) is 198 Å². The van der Waals surface area contributed by atoms with Crippen LogP contribution in [0.25, 0.3) is 12.2 Å². The monoisotopic (exact) mass is 566 g/mol. The Kier molecular flexibility index (Phi) is 27.1. The van der Waals surface area contributed by atoms with Crippen LogP contribution >= 0.6 is 0 Å². The molecule has 12 nitrogen and oxygen atoms in total. The van der Waals surface area contributed by atoms with Crippen molar-refractivity contribution in [1.82, 2.24) is 10.6 Å². The molecule has 0 aromatic heterocycles. The number of benzene rings is 2. The van der Waals surface area contributed by atoms with Crippen molar-refractivity contribution in [2.24, 2.45) is 0 Å². The first-order chi connectivity index (χ1) is 19.3. The van der Waals surface area contributed by atoms with Crippen molar-refractivity contribution in [1.29, 1.82) is 0 Å². The van der Waals surface area contributed by atoms with Crippen LogP contribution < -0.4 is 15.4 Å². The molecule has 40 heavy (non-hydrogen) atoms. The maximum absolute atomic E-state index is 10.5. The number of aliphatic hydroxyl groups is 4. The Labute approximate surface area is 234 Å². The number of ether oxygens (including phenoxy) is 2. The van der Waals surface area contributed by atoms with Crippen molar-refractivity contribution in [2.75, 3.05) is 66.8 Å². The third-order valence-electron chi connectivity index (χ3n) is 4.22. The van der Waals surface area contributed by atoms with Crippen LogP contribution in [0.1, 0.15) is 11.1 Å². The van der Waals surface area contributed by atoms with Gasteiger partial charge in [-0.2, -0.15) is 0 Å². The van der Waals surface area contributed by atoms with Crippen molar-refractivity contribution < 1.29 is 49.7 Å². The van der Waals surface area contributed by atoms with E-state index >= 15 is 0 Å². The highest BCUT2D eigenvalue weighted by atomic mass is 16.5. The van der Waals surface area contributed by atoms with E-state index in [2.05, 4.69) is 15.4 Å². The highest BCUT2D eigenvalue weighted by molar-refractivity contribution is 5.89. The van der Waals surface area contributed by atoms with E-state index in [1.165, 1.54) is 19.3 Å². The lowest BCUT2D eigenvalue weighted by molar-refractivity contribution is -0.136. The number of carboxylic acids is 2. The zero-order valence-electron chi connectivity index (χ0n) is 22.9. The normalized spacial score (nSPS) is 10.2. The summed E-state index contributed by atoms with van der Waals surface area (Å²) in [6.45, 7) is 2.84. The lowest BCUT2D eigenvalue weighted by Gasteiger charge is -1.99. The largest absolute Gasteiger partial charge is 0.497 e. The molecule has 12 heteroatoms. The molecule has 2 aromatic rings. The van der Waals surface area contributed by atoms with Crippen molar-refractivity contribution in [3.05, 3.63) is 77.6 Å². The number of aliphatic carboxylic acids is 2. The van der Waals surface area contributed by atoms with Crippen LogP contribution in [0.15, 0.2) is 66.4 Å². The summed E-state index contributed by atoms with van der Waals surface area (Å²) in [5.74, 6) is -1.32. The number of hydrogen-bond acceptors (Lipinski definition) is 10. The molecule has 0 bridgehead atoms. The maximum Gasteiger partial charge on any atom is 0.371 e. The van der Waals surface area contributed by atoms with Crippen LogP contribution in [0.4, 0.5) is 0 Å². The van der Waals surface area contributed by atoms with Gasteiger partial charge in [-0.15, -0.1) is 0 Å². The number of nitrogens with one attached hydrogen (secondary N) is 2. The number of hydrogen-bond donors (Lipinski definition) is 8. The van der Waals surface area contributed by atoms with Crippen LogP contribution in [0.2, 0.25) is 0 Å². The second-order valence-corrected chi connectivity index (χ2v) is 7.27. The molecule has 0 unspecified atom stereocenters. The van der Waals surface area contributed by atoms with Crippen LogP contribution in [0, 0.1) is 0 Å². The van der Waals surface area contributed by atoms with E-state index in [9.17, 15) is 9.59 Å². The third-order valence-corrected chi connectivity index (χ3v) is 4.22. The van der Waals surface area contributed by atoms with Gasteiger partial charge in [-0.1, -0.05) is 42.5 Å². The molecule has 0 aliphatic heterocycles. The SMILES string of the molecule is COC(=Cc1ccccc1)C(=O)O.COc1ccc(C=CC(=O)O)cc1.OCCNCCO.OCCNCCO. The molecule has 0 aliphatic rings.